The number of carbonyl (C=O) groups is 1. The molecule has 0 aliphatic rings. The lowest BCUT2D eigenvalue weighted by Gasteiger charge is -2.03. The number of amides is 1. The van der Waals surface area contributed by atoms with E-state index in [1.807, 2.05) is 25.1 Å². The van der Waals surface area contributed by atoms with Gasteiger partial charge in [-0.3, -0.25) is 4.79 Å². The summed E-state index contributed by atoms with van der Waals surface area (Å²) in [5.41, 5.74) is 4.74. The monoisotopic (exact) mass is 246 g/mol. The Morgan fingerprint density at radius 1 is 1.22 bits per heavy atom. The van der Waals surface area contributed by atoms with Crippen LogP contribution in [-0.4, -0.2) is 11.6 Å². The number of hydrogen-bond acceptors (Lipinski definition) is 2. The molecule has 1 aromatic rings. The molecule has 18 heavy (non-hydrogen) atoms. The van der Waals surface area contributed by atoms with E-state index in [1.54, 1.807) is 0 Å². The third kappa shape index (κ3) is 6.18. The molecule has 0 fully saturated rings. The van der Waals surface area contributed by atoms with Crippen LogP contribution >= 0.6 is 0 Å². The minimum absolute atomic E-state index is 0.0101. The number of rotatable bonds is 7. The highest BCUT2D eigenvalue weighted by atomic mass is 16.2. The van der Waals surface area contributed by atoms with Crippen LogP contribution in [0.15, 0.2) is 35.4 Å². The van der Waals surface area contributed by atoms with E-state index in [-0.39, 0.29) is 5.91 Å². The van der Waals surface area contributed by atoms with Gasteiger partial charge in [-0.15, -0.1) is 0 Å². The molecule has 0 aromatic heterocycles. The number of unbranched alkanes of at least 4 members (excludes halogenated alkanes) is 2. The smallest absolute Gasteiger partial charge is 0.240 e. The first-order valence-electron chi connectivity index (χ1n) is 6.58. The summed E-state index contributed by atoms with van der Waals surface area (Å²) >= 11 is 0. The number of nitrogens with zero attached hydrogens (tertiary/aromatic N) is 1. The number of benzene rings is 1. The van der Waals surface area contributed by atoms with E-state index < -0.39 is 0 Å². The predicted octanol–water partition coefficient (Wildman–Crippen LogP) is 3.30. The van der Waals surface area contributed by atoms with Crippen LogP contribution in [0.2, 0.25) is 0 Å². The van der Waals surface area contributed by atoms with Crippen molar-refractivity contribution in [1.29, 1.82) is 0 Å². The Hall–Kier alpha value is -1.64. The molecule has 0 aliphatic carbocycles. The first-order valence-corrected chi connectivity index (χ1v) is 6.58. The lowest BCUT2D eigenvalue weighted by Crippen LogP contribution is -2.19. The Balaban J connectivity index is 2.31. The fraction of sp³-hybridized carbons (Fsp3) is 0.467. The summed E-state index contributed by atoms with van der Waals surface area (Å²) in [5.74, 6) is 0.0101. The fourth-order valence-corrected chi connectivity index (χ4v) is 1.68. The maximum Gasteiger partial charge on any atom is 0.240 e. The van der Waals surface area contributed by atoms with Gasteiger partial charge in [-0.05, 0) is 18.9 Å². The van der Waals surface area contributed by atoms with Gasteiger partial charge in [0.25, 0.3) is 0 Å². The van der Waals surface area contributed by atoms with Crippen LogP contribution in [0.4, 0.5) is 0 Å². The maximum atomic E-state index is 11.5. The van der Waals surface area contributed by atoms with E-state index >= 15 is 0 Å². The average molecular weight is 246 g/mol. The lowest BCUT2D eigenvalue weighted by molar-refractivity contribution is -0.121. The molecule has 0 saturated carbocycles. The molecule has 0 radical (unpaired) electrons. The third-order valence-electron chi connectivity index (χ3n) is 2.68. The second-order valence-electron chi connectivity index (χ2n) is 4.50. The van der Waals surface area contributed by atoms with Crippen molar-refractivity contribution in [2.75, 3.05) is 0 Å². The van der Waals surface area contributed by atoms with Crippen LogP contribution in [0.1, 0.15) is 45.1 Å². The lowest BCUT2D eigenvalue weighted by atomic mass is 10.1. The molecular formula is C15H22N2O. The number of hydrazone groups is 1. The largest absolute Gasteiger partial charge is 0.273 e. The standard InChI is InChI=1S/C15H22N2O/c1-3-4-6-11-15(18)17-16-13(2)12-14-9-7-5-8-10-14/h5,7-10H,3-4,6,11-12H2,1-2H3,(H,17,18)/b16-13+. The van der Waals surface area contributed by atoms with Crippen molar-refractivity contribution in [2.24, 2.45) is 5.10 Å². The van der Waals surface area contributed by atoms with E-state index in [2.05, 4.69) is 29.6 Å². The van der Waals surface area contributed by atoms with Gasteiger partial charge in [0.2, 0.25) is 5.91 Å². The molecule has 1 aromatic carbocycles. The highest BCUT2D eigenvalue weighted by Crippen LogP contribution is 2.01. The summed E-state index contributed by atoms with van der Waals surface area (Å²) in [5, 5.41) is 4.12. The molecule has 98 valence electrons. The second kappa shape index (κ2) is 8.45. The fourth-order valence-electron chi connectivity index (χ4n) is 1.68. The van der Waals surface area contributed by atoms with E-state index in [4.69, 9.17) is 0 Å². The van der Waals surface area contributed by atoms with Gasteiger partial charge in [0.1, 0.15) is 0 Å². The summed E-state index contributed by atoms with van der Waals surface area (Å²) in [6, 6.07) is 10.1. The molecule has 1 amide bonds. The van der Waals surface area contributed by atoms with Gasteiger partial charge in [0, 0.05) is 18.6 Å². The second-order valence-corrected chi connectivity index (χ2v) is 4.50. The van der Waals surface area contributed by atoms with Gasteiger partial charge >= 0.3 is 0 Å². The van der Waals surface area contributed by atoms with Crippen molar-refractivity contribution >= 4 is 11.6 Å². The first-order chi connectivity index (χ1) is 8.72. The van der Waals surface area contributed by atoms with Gasteiger partial charge < -0.3 is 0 Å². The van der Waals surface area contributed by atoms with Gasteiger partial charge in [0.15, 0.2) is 0 Å². The van der Waals surface area contributed by atoms with Crippen LogP contribution in [0.5, 0.6) is 0 Å². The highest BCUT2D eigenvalue weighted by Gasteiger charge is 2.00. The van der Waals surface area contributed by atoms with Gasteiger partial charge in [-0.1, -0.05) is 50.1 Å². The average Bonchev–Trinajstić information content (AvgIpc) is 2.38. The molecule has 0 spiro atoms. The van der Waals surface area contributed by atoms with Crippen LogP contribution in [0, 0.1) is 0 Å². The molecular weight excluding hydrogens is 224 g/mol. The maximum absolute atomic E-state index is 11.5. The summed E-state index contributed by atoms with van der Waals surface area (Å²) in [6.07, 6.45) is 4.51. The summed E-state index contributed by atoms with van der Waals surface area (Å²) in [6.45, 7) is 4.05. The molecule has 3 heteroatoms. The van der Waals surface area contributed by atoms with Crippen molar-refractivity contribution in [3.8, 4) is 0 Å². The minimum Gasteiger partial charge on any atom is -0.273 e. The predicted molar refractivity (Wildman–Crippen MR) is 75.5 cm³/mol. The number of carbonyl (C=O) groups excluding carboxylic acids is 1. The van der Waals surface area contributed by atoms with Crippen molar-refractivity contribution in [3.05, 3.63) is 35.9 Å². The van der Waals surface area contributed by atoms with Gasteiger partial charge in [-0.2, -0.15) is 5.10 Å². The van der Waals surface area contributed by atoms with Gasteiger partial charge in [0.05, 0.1) is 0 Å². The Morgan fingerprint density at radius 2 is 1.94 bits per heavy atom. The zero-order valence-corrected chi connectivity index (χ0v) is 11.3. The molecule has 3 nitrogen and oxygen atoms in total. The van der Waals surface area contributed by atoms with Crippen LogP contribution in [-0.2, 0) is 11.2 Å². The zero-order chi connectivity index (χ0) is 13.2. The first kappa shape index (κ1) is 14.4. The van der Waals surface area contributed by atoms with Crippen LogP contribution in [0.25, 0.3) is 0 Å². The Labute approximate surface area is 109 Å². The quantitative estimate of drug-likeness (QED) is 0.447. The number of hydrogen-bond donors (Lipinski definition) is 1. The molecule has 1 rings (SSSR count). The van der Waals surface area contributed by atoms with Crippen molar-refractivity contribution in [1.82, 2.24) is 5.43 Å². The van der Waals surface area contributed by atoms with E-state index in [0.29, 0.717) is 6.42 Å². The van der Waals surface area contributed by atoms with Crippen molar-refractivity contribution < 1.29 is 4.79 Å². The summed E-state index contributed by atoms with van der Waals surface area (Å²) in [7, 11) is 0. The molecule has 0 atom stereocenters. The van der Waals surface area contributed by atoms with Crippen molar-refractivity contribution in [2.45, 2.75) is 46.0 Å². The highest BCUT2D eigenvalue weighted by molar-refractivity contribution is 5.86. The van der Waals surface area contributed by atoms with Crippen molar-refractivity contribution in [3.63, 3.8) is 0 Å². The normalized spacial score (nSPS) is 11.3. The topological polar surface area (TPSA) is 41.5 Å². The molecule has 0 unspecified atom stereocenters. The van der Waals surface area contributed by atoms with Gasteiger partial charge in [-0.25, -0.2) is 5.43 Å². The molecule has 0 bridgehead atoms. The van der Waals surface area contributed by atoms with Crippen LogP contribution in [0.3, 0.4) is 0 Å². The Kier molecular flexibility index (Phi) is 6.77. The Bertz CT molecular complexity index is 385. The zero-order valence-electron chi connectivity index (χ0n) is 11.3. The minimum atomic E-state index is 0.0101. The summed E-state index contributed by atoms with van der Waals surface area (Å²) < 4.78 is 0. The molecule has 0 heterocycles. The number of nitrogens with one attached hydrogen (secondary N) is 1. The van der Waals surface area contributed by atoms with Crippen LogP contribution < -0.4 is 5.43 Å². The third-order valence-corrected chi connectivity index (χ3v) is 2.68. The SMILES string of the molecule is CCCCCC(=O)N/N=C(\C)Cc1ccccc1. The molecule has 1 N–H and O–H groups in total. The Morgan fingerprint density at radius 3 is 2.61 bits per heavy atom. The molecule has 0 aliphatic heterocycles. The van der Waals surface area contributed by atoms with E-state index in [9.17, 15) is 4.79 Å². The van der Waals surface area contributed by atoms with E-state index in [1.165, 1.54) is 5.56 Å². The molecule has 0 saturated heterocycles. The summed E-state index contributed by atoms with van der Waals surface area (Å²) in [4.78, 5) is 11.5. The van der Waals surface area contributed by atoms with E-state index in [0.717, 1.165) is 31.4 Å².